The third kappa shape index (κ3) is 2.60. The Morgan fingerprint density at radius 1 is 1.20 bits per heavy atom. The number of anilines is 1. The summed E-state index contributed by atoms with van der Waals surface area (Å²) in [6.45, 7) is 0. The molecule has 2 heterocycles. The van der Waals surface area contributed by atoms with E-state index in [1.165, 1.54) is 29.9 Å². The maximum Gasteiger partial charge on any atom is 0.272 e. The second kappa shape index (κ2) is 5.01. The summed E-state index contributed by atoms with van der Waals surface area (Å²) in [6.07, 6.45) is 4.24. The number of hydrogen-bond acceptors (Lipinski definition) is 5. The number of rotatable bonds is 3. The van der Waals surface area contributed by atoms with Crippen LogP contribution in [0.1, 0.15) is 0 Å². The van der Waals surface area contributed by atoms with E-state index in [2.05, 4.69) is 14.7 Å². The maximum absolute atomic E-state index is 12.3. The van der Waals surface area contributed by atoms with Crippen molar-refractivity contribution in [1.82, 2.24) is 9.97 Å². The summed E-state index contributed by atoms with van der Waals surface area (Å²) in [5.41, 5.74) is 0. The Morgan fingerprint density at radius 3 is 2.80 bits per heavy atom. The molecule has 0 saturated heterocycles. The van der Waals surface area contributed by atoms with E-state index in [0.717, 1.165) is 10.1 Å². The molecule has 0 fully saturated rings. The fourth-order valence-electron chi connectivity index (χ4n) is 1.66. The number of thiophene rings is 1. The average molecular weight is 326 g/mol. The number of hydrogen-bond donors (Lipinski definition) is 1. The molecule has 0 unspecified atom stereocenters. The molecule has 0 aliphatic heterocycles. The van der Waals surface area contributed by atoms with Crippen LogP contribution in [0.5, 0.6) is 0 Å². The maximum atomic E-state index is 12.3. The molecule has 1 N–H and O–H groups in total. The summed E-state index contributed by atoms with van der Waals surface area (Å²) in [5, 5.41) is 1.36. The zero-order valence-electron chi connectivity index (χ0n) is 9.95. The largest absolute Gasteiger partial charge is 0.272 e. The van der Waals surface area contributed by atoms with Crippen molar-refractivity contribution in [3.8, 4) is 0 Å². The molecule has 0 atom stereocenters. The summed E-state index contributed by atoms with van der Waals surface area (Å²) in [4.78, 5) is 7.70. The molecule has 0 bridgehead atoms. The molecule has 0 spiro atoms. The highest BCUT2D eigenvalue weighted by Gasteiger charge is 2.18. The Bertz CT molecular complexity index is 863. The van der Waals surface area contributed by atoms with Crippen LogP contribution in [-0.2, 0) is 10.0 Å². The minimum absolute atomic E-state index is 0.183. The number of benzene rings is 1. The van der Waals surface area contributed by atoms with Crippen LogP contribution in [0.25, 0.3) is 10.1 Å². The van der Waals surface area contributed by atoms with Gasteiger partial charge in [-0.3, -0.25) is 9.71 Å². The lowest BCUT2D eigenvalue weighted by molar-refractivity contribution is 0.603. The topological polar surface area (TPSA) is 72.0 Å². The van der Waals surface area contributed by atoms with Crippen LogP contribution in [0.4, 0.5) is 5.82 Å². The first-order valence-electron chi connectivity index (χ1n) is 5.52. The highest BCUT2D eigenvalue weighted by molar-refractivity contribution is 7.94. The van der Waals surface area contributed by atoms with Crippen LogP contribution in [-0.4, -0.2) is 18.4 Å². The third-order valence-corrected chi connectivity index (χ3v) is 5.70. The lowest BCUT2D eigenvalue weighted by atomic mass is 10.3. The molecule has 2 aromatic heterocycles. The van der Waals surface area contributed by atoms with Crippen molar-refractivity contribution in [1.29, 1.82) is 0 Å². The lowest BCUT2D eigenvalue weighted by Crippen LogP contribution is -2.12. The molecule has 0 amide bonds. The second-order valence-corrected chi connectivity index (χ2v) is 7.37. The number of nitrogens with one attached hydrogen (secondary N) is 1. The van der Waals surface area contributed by atoms with Crippen molar-refractivity contribution in [3.05, 3.63) is 47.9 Å². The van der Waals surface area contributed by atoms with Gasteiger partial charge in [0.2, 0.25) is 0 Å². The van der Waals surface area contributed by atoms with Crippen molar-refractivity contribution in [2.45, 2.75) is 4.21 Å². The molecular formula is C12H8ClN3O2S2. The minimum atomic E-state index is -3.67. The zero-order chi connectivity index (χ0) is 14.2. The molecule has 3 aromatic rings. The third-order valence-electron chi connectivity index (χ3n) is 2.52. The van der Waals surface area contributed by atoms with Crippen LogP contribution in [0, 0.1) is 0 Å². The van der Waals surface area contributed by atoms with E-state index in [4.69, 9.17) is 11.6 Å². The van der Waals surface area contributed by atoms with Crippen LogP contribution in [0.3, 0.4) is 0 Å². The normalized spacial score (nSPS) is 11.7. The average Bonchev–Trinajstić information content (AvgIpc) is 2.83. The van der Waals surface area contributed by atoms with Gasteiger partial charge < -0.3 is 0 Å². The van der Waals surface area contributed by atoms with Gasteiger partial charge in [-0.25, -0.2) is 13.4 Å². The van der Waals surface area contributed by atoms with Gasteiger partial charge in [0.05, 0.1) is 6.20 Å². The molecule has 8 heteroatoms. The Labute approximate surface area is 124 Å². The van der Waals surface area contributed by atoms with Gasteiger partial charge in [-0.15, -0.1) is 11.3 Å². The summed E-state index contributed by atoms with van der Waals surface area (Å²) >= 11 is 7.07. The fourth-order valence-corrected chi connectivity index (χ4v) is 4.21. The number of fused-ring (bicyclic) bond motifs is 1. The van der Waals surface area contributed by atoms with Gasteiger partial charge in [0.15, 0.2) is 5.82 Å². The summed E-state index contributed by atoms with van der Waals surface area (Å²) in [5.74, 6) is 0.183. The fraction of sp³-hybridized carbons (Fsp3) is 0. The quantitative estimate of drug-likeness (QED) is 0.803. The van der Waals surface area contributed by atoms with Crippen LogP contribution in [0.2, 0.25) is 5.02 Å². The standard InChI is InChI=1S/C12H8ClN3O2S2/c13-9-1-2-10-8(5-9)6-12(19-10)20(17,18)16-11-7-14-3-4-15-11/h1-7H,(H,15,16). The van der Waals surface area contributed by atoms with E-state index >= 15 is 0 Å². The van der Waals surface area contributed by atoms with E-state index < -0.39 is 10.0 Å². The number of sulfonamides is 1. The molecule has 20 heavy (non-hydrogen) atoms. The molecule has 0 aliphatic carbocycles. The Morgan fingerprint density at radius 2 is 2.05 bits per heavy atom. The highest BCUT2D eigenvalue weighted by Crippen LogP contribution is 2.31. The van der Waals surface area contributed by atoms with Gasteiger partial charge in [-0.1, -0.05) is 11.6 Å². The molecule has 0 radical (unpaired) electrons. The van der Waals surface area contributed by atoms with E-state index in [1.807, 2.05) is 0 Å². The van der Waals surface area contributed by atoms with Gasteiger partial charge in [-0.2, -0.15) is 0 Å². The van der Waals surface area contributed by atoms with Crippen molar-refractivity contribution in [3.63, 3.8) is 0 Å². The predicted molar refractivity (Wildman–Crippen MR) is 79.7 cm³/mol. The van der Waals surface area contributed by atoms with Crippen molar-refractivity contribution >= 4 is 48.9 Å². The Kier molecular flexibility index (Phi) is 3.33. The Balaban J connectivity index is 2.01. The first kappa shape index (κ1) is 13.3. The summed E-state index contributed by atoms with van der Waals surface area (Å²) < 4.78 is 28.0. The first-order chi connectivity index (χ1) is 9.54. The van der Waals surface area contributed by atoms with E-state index in [0.29, 0.717) is 5.02 Å². The van der Waals surface area contributed by atoms with Crippen LogP contribution < -0.4 is 4.72 Å². The molecule has 3 rings (SSSR count). The van der Waals surface area contributed by atoms with Gasteiger partial charge in [0.25, 0.3) is 10.0 Å². The molecule has 0 aliphatic rings. The van der Waals surface area contributed by atoms with Crippen molar-refractivity contribution in [2.75, 3.05) is 4.72 Å². The molecule has 5 nitrogen and oxygen atoms in total. The van der Waals surface area contributed by atoms with E-state index in [1.54, 1.807) is 24.3 Å². The first-order valence-corrected chi connectivity index (χ1v) is 8.20. The Hall–Kier alpha value is -1.70. The summed E-state index contributed by atoms with van der Waals surface area (Å²) in [7, 11) is -3.67. The number of nitrogens with zero attached hydrogens (tertiary/aromatic N) is 2. The molecule has 1 aromatic carbocycles. The molecule has 0 saturated carbocycles. The smallest absolute Gasteiger partial charge is 0.261 e. The van der Waals surface area contributed by atoms with Gasteiger partial charge >= 0.3 is 0 Å². The number of halogens is 1. The van der Waals surface area contributed by atoms with Crippen molar-refractivity contribution in [2.24, 2.45) is 0 Å². The molecule has 102 valence electrons. The minimum Gasteiger partial charge on any atom is -0.261 e. The lowest BCUT2D eigenvalue weighted by Gasteiger charge is -2.03. The van der Waals surface area contributed by atoms with Crippen LogP contribution in [0.15, 0.2) is 47.1 Å². The van der Waals surface area contributed by atoms with Crippen molar-refractivity contribution < 1.29 is 8.42 Å². The van der Waals surface area contributed by atoms with Gasteiger partial charge in [0, 0.05) is 22.1 Å². The molecular weight excluding hydrogens is 318 g/mol. The van der Waals surface area contributed by atoms with E-state index in [-0.39, 0.29) is 10.0 Å². The van der Waals surface area contributed by atoms with Crippen LogP contribution >= 0.6 is 22.9 Å². The number of aromatic nitrogens is 2. The van der Waals surface area contributed by atoms with Gasteiger partial charge in [0.1, 0.15) is 4.21 Å². The SMILES string of the molecule is O=S(=O)(Nc1cnccn1)c1cc2cc(Cl)ccc2s1. The predicted octanol–water partition coefficient (Wildman–Crippen LogP) is 3.15. The summed E-state index contributed by atoms with van der Waals surface area (Å²) in [6, 6.07) is 6.84. The second-order valence-electron chi connectivity index (χ2n) is 3.94. The van der Waals surface area contributed by atoms with Gasteiger partial charge in [-0.05, 0) is 29.7 Å². The highest BCUT2D eigenvalue weighted by atomic mass is 35.5. The van der Waals surface area contributed by atoms with E-state index in [9.17, 15) is 8.42 Å². The monoisotopic (exact) mass is 325 g/mol. The zero-order valence-corrected chi connectivity index (χ0v) is 12.3.